The van der Waals surface area contributed by atoms with E-state index in [0.29, 0.717) is 24.3 Å². The number of carbonyl (C=O) groups excluding carboxylic acids is 4. The smallest absolute Gasteiger partial charge is 0.354 e. The van der Waals surface area contributed by atoms with E-state index < -0.39 is 18.2 Å². The first kappa shape index (κ1) is 19.4. The van der Waals surface area contributed by atoms with Gasteiger partial charge < -0.3 is 14.5 Å². The lowest BCUT2D eigenvalue weighted by molar-refractivity contribution is -0.162. The average molecular weight is 399 g/mol. The Kier molecular flexibility index (Phi) is 4.80. The highest BCUT2D eigenvalue weighted by Crippen LogP contribution is 2.49. The lowest BCUT2D eigenvalue weighted by atomic mass is 9.96. The Morgan fingerprint density at radius 2 is 1.86 bits per heavy atom. The molecule has 2 aliphatic heterocycles. The Hall–Kier alpha value is -2.90. The lowest BCUT2D eigenvalue weighted by Crippen LogP contribution is -2.69. The highest BCUT2D eigenvalue weighted by Gasteiger charge is 2.64. The van der Waals surface area contributed by atoms with E-state index in [-0.39, 0.29) is 36.6 Å². The summed E-state index contributed by atoms with van der Waals surface area (Å²) >= 11 is 0. The van der Waals surface area contributed by atoms with Crippen LogP contribution in [0, 0.1) is 0 Å². The van der Waals surface area contributed by atoms with E-state index in [0.717, 1.165) is 12.8 Å². The number of hydrogen-bond acceptors (Lipinski definition) is 5. The van der Waals surface area contributed by atoms with Gasteiger partial charge in [0.1, 0.15) is 0 Å². The van der Waals surface area contributed by atoms with Crippen molar-refractivity contribution in [2.24, 2.45) is 0 Å². The van der Waals surface area contributed by atoms with Gasteiger partial charge in [0.25, 0.3) is 11.8 Å². The minimum Gasteiger partial charge on any atom is -0.452 e. The van der Waals surface area contributed by atoms with E-state index >= 15 is 0 Å². The molecule has 1 atom stereocenters. The van der Waals surface area contributed by atoms with E-state index in [2.05, 4.69) is 0 Å². The van der Waals surface area contributed by atoms with Crippen LogP contribution >= 0.6 is 0 Å². The molecule has 0 bridgehead atoms. The highest BCUT2D eigenvalue weighted by molar-refractivity contribution is 6.15. The summed E-state index contributed by atoms with van der Waals surface area (Å²) in [6.45, 7) is 4.33. The van der Waals surface area contributed by atoms with Crippen molar-refractivity contribution in [2.75, 3.05) is 24.6 Å². The first-order valence-corrected chi connectivity index (χ1v) is 10.2. The summed E-state index contributed by atoms with van der Waals surface area (Å²) in [7, 11) is 0. The summed E-state index contributed by atoms with van der Waals surface area (Å²) in [5.41, 5.74) is -0.658. The van der Waals surface area contributed by atoms with Gasteiger partial charge in [-0.1, -0.05) is 12.1 Å². The monoisotopic (exact) mass is 399 g/mol. The number of carbonyl (C=O) groups is 4. The summed E-state index contributed by atoms with van der Waals surface area (Å²) in [5.74, 6) is -1.49. The minimum absolute atomic E-state index is 0.102. The van der Waals surface area contributed by atoms with Gasteiger partial charge in [0.2, 0.25) is 11.6 Å². The molecule has 0 spiro atoms. The van der Waals surface area contributed by atoms with Crippen molar-refractivity contribution in [1.82, 2.24) is 9.80 Å². The molecule has 2 heterocycles. The molecule has 0 aromatic heterocycles. The van der Waals surface area contributed by atoms with Crippen LogP contribution in [0.15, 0.2) is 24.3 Å². The Bertz CT molecular complexity index is 877. The van der Waals surface area contributed by atoms with Gasteiger partial charge in [-0.15, -0.1) is 0 Å². The molecule has 1 saturated heterocycles. The van der Waals surface area contributed by atoms with Crippen molar-refractivity contribution in [3.8, 4) is 0 Å². The van der Waals surface area contributed by atoms with Crippen LogP contribution in [0.2, 0.25) is 0 Å². The standard InChI is InChI=1S/C21H25N3O5/c1-3-22(4-2)18(26)13-29-20(28)21-12-11-17(25)24(21)16-8-6-5-7-15(16)19(27)23(21)14-9-10-14/h5-8,14H,3-4,9-13H2,1-2H3. The number of esters is 1. The second-order valence-electron chi connectivity index (χ2n) is 7.61. The fourth-order valence-electron chi connectivity index (χ4n) is 4.42. The molecule has 1 aromatic rings. The normalized spacial score (nSPS) is 23.0. The van der Waals surface area contributed by atoms with Gasteiger partial charge >= 0.3 is 5.97 Å². The zero-order chi connectivity index (χ0) is 20.8. The Balaban J connectivity index is 1.71. The Morgan fingerprint density at radius 1 is 1.17 bits per heavy atom. The van der Waals surface area contributed by atoms with Crippen LogP contribution in [0.5, 0.6) is 0 Å². The van der Waals surface area contributed by atoms with Gasteiger partial charge in [-0.25, -0.2) is 4.79 Å². The number of likely N-dealkylation sites (N-methyl/N-ethyl adjacent to an activating group) is 1. The molecule has 0 N–H and O–H groups in total. The van der Waals surface area contributed by atoms with Crippen LogP contribution in [0.25, 0.3) is 0 Å². The van der Waals surface area contributed by atoms with Crippen molar-refractivity contribution >= 4 is 29.4 Å². The van der Waals surface area contributed by atoms with Gasteiger partial charge in [0.15, 0.2) is 6.61 Å². The average Bonchev–Trinajstić information content (AvgIpc) is 3.49. The second-order valence-corrected chi connectivity index (χ2v) is 7.61. The summed E-state index contributed by atoms with van der Waals surface area (Å²) in [4.78, 5) is 56.3. The van der Waals surface area contributed by atoms with E-state index in [9.17, 15) is 19.2 Å². The van der Waals surface area contributed by atoms with Crippen LogP contribution in [0.4, 0.5) is 5.69 Å². The molecule has 29 heavy (non-hydrogen) atoms. The maximum atomic E-state index is 13.4. The quantitative estimate of drug-likeness (QED) is 0.677. The molecule has 154 valence electrons. The zero-order valence-electron chi connectivity index (χ0n) is 16.7. The number of benzene rings is 1. The van der Waals surface area contributed by atoms with Crippen LogP contribution in [-0.2, 0) is 19.1 Å². The summed E-state index contributed by atoms with van der Waals surface area (Å²) in [6.07, 6.45) is 1.87. The number of amides is 3. The minimum atomic E-state index is -1.51. The Labute approximate surface area is 169 Å². The number of ether oxygens (including phenoxy) is 1. The number of para-hydroxylation sites is 1. The molecule has 1 unspecified atom stereocenters. The molecule has 3 amide bonds. The van der Waals surface area contributed by atoms with Crippen LogP contribution in [-0.4, -0.2) is 64.9 Å². The molecule has 8 heteroatoms. The maximum Gasteiger partial charge on any atom is 0.354 e. The first-order chi connectivity index (χ1) is 14.0. The molecule has 2 fully saturated rings. The Morgan fingerprint density at radius 3 is 2.52 bits per heavy atom. The van der Waals surface area contributed by atoms with Crippen molar-refractivity contribution in [1.29, 1.82) is 0 Å². The third-order valence-electron chi connectivity index (χ3n) is 5.98. The second kappa shape index (κ2) is 7.17. The molecule has 1 aromatic carbocycles. The first-order valence-electron chi connectivity index (χ1n) is 10.2. The zero-order valence-corrected chi connectivity index (χ0v) is 16.7. The SMILES string of the molecule is CCN(CC)C(=O)COC(=O)C12CCC(=O)N1c1ccccc1C(=O)N2C1CC1. The third kappa shape index (κ3) is 2.89. The lowest BCUT2D eigenvalue weighted by Gasteiger charge is -2.48. The molecule has 3 aliphatic rings. The topological polar surface area (TPSA) is 87.2 Å². The molecule has 0 radical (unpaired) electrons. The van der Waals surface area contributed by atoms with Gasteiger partial charge in [-0.05, 0) is 38.8 Å². The van der Waals surface area contributed by atoms with Gasteiger partial charge in [0.05, 0.1) is 11.3 Å². The summed E-state index contributed by atoms with van der Waals surface area (Å²) in [6, 6.07) is 6.75. The molecular formula is C21H25N3O5. The van der Waals surface area contributed by atoms with Gasteiger partial charge in [0, 0.05) is 32.0 Å². The van der Waals surface area contributed by atoms with Crippen LogP contribution < -0.4 is 4.90 Å². The number of rotatable bonds is 6. The van der Waals surface area contributed by atoms with Crippen molar-refractivity contribution < 1.29 is 23.9 Å². The third-order valence-corrected chi connectivity index (χ3v) is 5.98. The number of anilines is 1. The number of fused-ring (bicyclic) bond motifs is 3. The van der Waals surface area contributed by atoms with E-state index in [4.69, 9.17) is 4.74 Å². The summed E-state index contributed by atoms with van der Waals surface area (Å²) in [5, 5.41) is 0. The van der Waals surface area contributed by atoms with Gasteiger partial charge in [-0.2, -0.15) is 0 Å². The molecule has 4 rings (SSSR count). The molecular weight excluding hydrogens is 374 g/mol. The molecule has 1 aliphatic carbocycles. The highest BCUT2D eigenvalue weighted by atomic mass is 16.5. The maximum absolute atomic E-state index is 13.4. The summed E-state index contributed by atoms with van der Waals surface area (Å²) < 4.78 is 5.43. The predicted molar refractivity (Wildman–Crippen MR) is 104 cm³/mol. The van der Waals surface area contributed by atoms with Crippen molar-refractivity contribution in [3.05, 3.63) is 29.8 Å². The number of nitrogens with zero attached hydrogens (tertiary/aromatic N) is 3. The fourth-order valence-corrected chi connectivity index (χ4v) is 4.42. The number of hydrogen-bond donors (Lipinski definition) is 0. The largest absolute Gasteiger partial charge is 0.452 e. The van der Waals surface area contributed by atoms with Crippen molar-refractivity contribution in [3.63, 3.8) is 0 Å². The fraction of sp³-hybridized carbons (Fsp3) is 0.524. The van der Waals surface area contributed by atoms with E-state index in [1.165, 1.54) is 9.80 Å². The van der Waals surface area contributed by atoms with Crippen LogP contribution in [0.1, 0.15) is 49.9 Å². The van der Waals surface area contributed by atoms with Crippen LogP contribution in [0.3, 0.4) is 0 Å². The molecule has 1 saturated carbocycles. The van der Waals surface area contributed by atoms with Crippen molar-refractivity contribution in [2.45, 2.75) is 51.2 Å². The van der Waals surface area contributed by atoms with E-state index in [1.54, 1.807) is 29.2 Å². The predicted octanol–water partition coefficient (Wildman–Crippen LogP) is 1.54. The molecule has 8 nitrogen and oxygen atoms in total. The van der Waals surface area contributed by atoms with E-state index in [1.807, 2.05) is 13.8 Å². The van der Waals surface area contributed by atoms with Gasteiger partial charge in [-0.3, -0.25) is 19.3 Å².